The van der Waals surface area contributed by atoms with Crippen LogP contribution in [0.4, 0.5) is 11.5 Å². The Morgan fingerprint density at radius 2 is 1.75 bits per heavy atom. The van der Waals surface area contributed by atoms with E-state index in [1.54, 1.807) is 0 Å². The van der Waals surface area contributed by atoms with Crippen molar-refractivity contribution < 1.29 is 0 Å². The van der Waals surface area contributed by atoms with Gasteiger partial charge < -0.3 is 4.90 Å². The fourth-order valence-electron chi connectivity index (χ4n) is 2.13. The molecule has 3 nitrogen and oxygen atoms in total. The molecule has 0 amide bonds. The molecule has 0 aliphatic carbocycles. The van der Waals surface area contributed by atoms with Crippen molar-refractivity contribution in [1.82, 2.24) is 9.97 Å². The van der Waals surface area contributed by atoms with Gasteiger partial charge in [-0.2, -0.15) is 0 Å². The highest BCUT2D eigenvalue weighted by molar-refractivity contribution is 6.30. The largest absolute Gasteiger partial charge is 0.329 e. The van der Waals surface area contributed by atoms with Gasteiger partial charge >= 0.3 is 0 Å². The summed E-state index contributed by atoms with van der Waals surface area (Å²) < 4.78 is 0. The first kappa shape index (κ1) is 14.8. The van der Waals surface area contributed by atoms with Crippen LogP contribution in [0.3, 0.4) is 0 Å². The molecule has 0 spiro atoms. The van der Waals surface area contributed by atoms with Crippen molar-refractivity contribution in [1.29, 1.82) is 0 Å². The van der Waals surface area contributed by atoms with E-state index in [9.17, 15) is 0 Å². The number of anilines is 2. The van der Waals surface area contributed by atoms with E-state index in [0.717, 1.165) is 22.9 Å². The minimum absolute atomic E-state index is 0.247. The van der Waals surface area contributed by atoms with Gasteiger partial charge in [0.05, 0.1) is 0 Å². The normalized spacial score (nSPS) is 10.9. The minimum Gasteiger partial charge on any atom is -0.329 e. The van der Waals surface area contributed by atoms with Crippen LogP contribution in [0.25, 0.3) is 0 Å². The Morgan fingerprint density at radius 3 is 2.35 bits per heavy atom. The first-order valence-electron chi connectivity index (χ1n) is 6.75. The van der Waals surface area contributed by atoms with Gasteiger partial charge in [0.1, 0.15) is 16.8 Å². The van der Waals surface area contributed by atoms with Crippen molar-refractivity contribution in [3.05, 3.63) is 46.4 Å². The molecule has 0 fully saturated rings. The SMILES string of the molecule is Cc1ccccc1N(C)c1nc(C(C)C)nc(Cl)c1C. The molecule has 0 saturated heterocycles. The molecule has 0 atom stereocenters. The first-order valence-corrected chi connectivity index (χ1v) is 7.13. The number of rotatable bonds is 3. The molecule has 0 aliphatic heterocycles. The fourth-order valence-corrected chi connectivity index (χ4v) is 2.30. The lowest BCUT2D eigenvalue weighted by Gasteiger charge is -2.23. The summed E-state index contributed by atoms with van der Waals surface area (Å²) in [5.41, 5.74) is 3.23. The molecule has 4 heteroatoms. The number of hydrogen-bond donors (Lipinski definition) is 0. The zero-order chi connectivity index (χ0) is 14.9. The van der Waals surface area contributed by atoms with E-state index in [1.165, 1.54) is 5.56 Å². The number of para-hydroxylation sites is 1. The van der Waals surface area contributed by atoms with E-state index in [-0.39, 0.29) is 5.92 Å². The molecule has 0 unspecified atom stereocenters. The molecule has 1 heterocycles. The lowest BCUT2D eigenvalue weighted by atomic mass is 10.1. The number of nitrogens with zero attached hydrogens (tertiary/aromatic N) is 3. The zero-order valence-electron chi connectivity index (χ0n) is 12.6. The molecule has 0 saturated carbocycles. The average molecular weight is 290 g/mol. The van der Waals surface area contributed by atoms with Crippen molar-refractivity contribution >= 4 is 23.1 Å². The molecular weight excluding hydrogens is 270 g/mol. The van der Waals surface area contributed by atoms with Crippen LogP contribution in [0.15, 0.2) is 24.3 Å². The summed E-state index contributed by atoms with van der Waals surface area (Å²) >= 11 is 6.26. The Labute approximate surface area is 125 Å². The quantitative estimate of drug-likeness (QED) is 0.771. The number of benzene rings is 1. The molecule has 20 heavy (non-hydrogen) atoms. The minimum atomic E-state index is 0.247. The summed E-state index contributed by atoms with van der Waals surface area (Å²) in [6, 6.07) is 8.24. The second kappa shape index (κ2) is 5.80. The van der Waals surface area contributed by atoms with Crippen LogP contribution >= 0.6 is 11.6 Å². The van der Waals surface area contributed by atoms with Gasteiger partial charge in [-0.3, -0.25) is 0 Å². The second-order valence-electron chi connectivity index (χ2n) is 5.32. The smallest absolute Gasteiger partial charge is 0.140 e. The Hall–Kier alpha value is -1.61. The van der Waals surface area contributed by atoms with Crippen LogP contribution in [-0.4, -0.2) is 17.0 Å². The Balaban J connectivity index is 2.54. The number of halogens is 1. The van der Waals surface area contributed by atoms with Crippen LogP contribution in [0.5, 0.6) is 0 Å². The van der Waals surface area contributed by atoms with E-state index in [0.29, 0.717) is 5.15 Å². The van der Waals surface area contributed by atoms with Crippen molar-refractivity contribution in [2.45, 2.75) is 33.6 Å². The van der Waals surface area contributed by atoms with Gasteiger partial charge in [-0.1, -0.05) is 43.6 Å². The third kappa shape index (κ3) is 2.78. The summed E-state index contributed by atoms with van der Waals surface area (Å²) in [5, 5.41) is 0.527. The predicted molar refractivity (Wildman–Crippen MR) is 85.1 cm³/mol. The van der Waals surface area contributed by atoms with Crippen molar-refractivity contribution in [2.24, 2.45) is 0 Å². The topological polar surface area (TPSA) is 29.0 Å². The maximum Gasteiger partial charge on any atom is 0.140 e. The molecule has 2 aromatic rings. The molecule has 0 bridgehead atoms. The molecule has 2 rings (SSSR count). The van der Waals surface area contributed by atoms with E-state index >= 15 is 0 Å². The van der Waals surface area contributed by atoms with Crippen molar-refractivity contribution in [2.75, 3.05) is 11.9 Å². The summed E-state index contributed by atoms with van der Waals surface area (Å²) in [4.78, 5) is 11.1. The predicted octanol–water partition coefficient (Wildman–Crippen LogP) is 4.64. The maximum atomic E-state index is 6.26. The number of hydrogen-bond acceptors (Lipinski definition) is 3. The zero-order valence-corrected chi connectivity index (χ0v) is 13.4. The van der Waals surface area contributed by atoms with Crippen LogP contribution in [0.2, 0.25) is 5.15 Å². The Bertz CT molecular complexity index is 623. The summed E-state index contributed by atoms with van der Waals surface area (Å²) in [7, 11) is 2.01. The third-order valence-electron chi connectivity index (χ3n) is 3.39. The maximum absolute atomic E-state index is 6.26. The molecule has 0 aliphatic rings. The van der Waals surface area contributed by atoms with Gasteiger partial charge in [0, 0.05) is 24.2 Å². The standard InChI is InChI=1S/C16H20ClN3/c1-10(2)15-18-14(17)12(4)16(19-15)20(5)13-9-7-6-8-11(13)3/h6-10H,1-5H3. The number of aryl methyl sites for hydroxylation is 1. The lowest BCUT2D eigenvalue weighted by Crippen LogP contribution is -2.16. The summed E-state index contributed by atoms with van der Waals surface area (Å²) in [6.45, 7) is 8.18. The average Bonchev–Trinajstić information content (AvgIpc) is 2.41. The highest BCUT2D eigenvalue weighted by atomic mass is 35.5. The van der Waals surface area contributed by atoms with Gasteiger partial charge in [0.15, 0.2) is 0 Å². The summed E-state index contributed by atoms with van der Waals surface area (Å²) in [5.74, 6) is 1.89. The molecule has 1 aromatic carbocycles. The highest BCUT2D eigenvalue weighted by Gasteiger charge is 2.16. The van der Waals surface area contributed by atoms with E-state index in [1.807, 2.05) is 26.1 Å². The Kier molecular flexibility index (Phi) is 4.29. The van der Waals surface area contributed by atoms with Crippen molar-refractivity contribution in [3.63, 3.8) is 0 Å². The van der Waals surface area contributed by atoms with E-state index in [4.69, 9.17) is 11.6 Å². The van der Waals surface area contributed by atoms with Crippen LogP contribution in [0.1, 0.15) is 36.7 Å². The summed E-state index contributed by atoms with van der Waals surface area (Å²) in [6.07, 6.45) is 0. The molecular formula is C16H20ClN3. The van der Waals surface area contributed by atoms with Gasteiger partial charge in [0.2, 0.25) is 0 Å². The van der Waals surface area contributed by atoms with Gasteiger partial charge in [-0.05, 0) is 25.5 Å². The van der Waals surface area contributed by atoms with E-state index < -0.39 is 0 Å². The van der Waals surface area contributed by atoms with Gasteiger partial charge in [0.25, 0.3) is 0 Å². The molecule has 0 N–H and O–H groups in total. The molecule has 0 radical (unpaired) electrons. The van der Waals surface area contributed by atoms with Gasteiger partial charge in [-0.25, -0.2) is 9.97 Å². The van der Waals surface area contributed by atoms with Crippen LogP contribution in [-0.2, 0) is 0 Å². The molecule has 106 valence electrons. The first-order chi connectivity index (χ1) is 9.41. The van der Waals surface area contributed by atoms with Crippen LogP contribution < -0.4 is 4.90 Å². The highest BCUT2D eigenvalue weighted by Crippen LogP contribution is 2.31. The number of aromatic nitrogens is 2. The third-order valence-corrected chi connectivity index (χ3v) is 3.76. The lowest BCUT2D eigenvalue weighted by molar-refractivity contribution is 0.769. The monoisotopic (exact) mass is 289 g/mol. The van der Waals surface area contributed by atoms with Crippen molar-refractivity contribution in [3.8, 4) is 0 Å². The van der Waals surface area contributed by atoms with Crippen LogP contribution in [0, 0.1) is 13.8 Å². The van der Waals surface area contributed by atoms with Gasteiger partial charge in [-0.15, -0.1) is 0 Å². The second-order valence-corrected chi connectivity index (χ2v) is 5.68. The van der Waals surface area contributed by atoms with E-state index in [2.05, 4.69) is 47.8 Å². The molecule has 1 aromatic heterocycles. The fraction of sp³-hybridized carbons (Fsp3) is 0.375. The Morgan fingerprint density at radius 1 is 1.10 bits per heavy atom.